The van der Waals surface area contributed by atoms with E-state index < -0.39 is 0 Å². The quantitative estimate of drug-likeness (QED) is 0.872. The Kier molecular flexibility index (Phi) is 5.87. The largest absolute Gasteiger partial charge is 0.316 e. The van der Waals surface area contributed by atoms with Gasteiger partial charge in [0.05, 0.1) is 0 Å². The Morgan fingerprint density at radius 2 is 1.95 bits per heavy atom. The lowest BCUT2D eigenvalue weighted by molar-refractivity contribution is 0.271. The molecule has 0 bridgehead atoms. The van der Waals surface area contributed by atoms with E-state index in [2.05, 4.69) is 41.4 Å². The van der Waals surface area contributed by atoms with Crippen LogP contribution < -0.4 is 5.32 Å². The molecule has 0 aromatic heterocycles. The molecule has 1 atom stereocenters. The first-order valence-electron chi connectivity index (χ1n) is 7.77. The fraction of sp³-hybridized carbons (Fsp3) is 0.647. The van der Waals surface area contributed by atoms with E-state index >= 15 is 0 Å². The van der Waals surface area contributed by atoms with E-state index in [-0.39, 0.29) is 0 Å². The van der Waals surface area contributed by atoms with Crippen molar-refractivity contribution in [3.63, 3.8) is 0 Å². The van der Waals surface area contributed by atoms with Crippen molar-refractivity contribution in [3.8, 4) is 0 Å². The highest BCUT2D eigenvalue weighted by Crippen LogP contribution is 2.22. The van der Waals surface area contributed by atoms with E-state index in [4.69, 9.17) is 0 Å². The van der Waals surface area contributed by atoms with Crippen molar-refractivity contribution in [3.05, 3.63) is 35.4 Å². The third-order valence-corrected chi connectivity index (χ3v) is 4.40. The summed E-state index contributed by atoms with van der Waals surface area (Å²) < 4.78 is 0. The molecular weight excluding hydrogens is 232 g/mol. The number of hydrogen-bond donors (Lipinski definition) is 1. The van der Waals surface area contributed by atoms with E-state index in [0.717, 1.165) is 19.0 Å². The van der Waals surface area contributed by atoms with Crippen LogP contribution in [0.15, 0.2) is 24.3 Å². The van der Waals surface area contributed by atoms with Crippen LogP contribution in [0.3, 0.4) is 0 Å². The molecule has 19 heavy (non-hydrogen) atoms. The summed E-state index contributed by atoms with van der Waals surface area (Å²) in [4.78, 5) is 2.64. The number of benzene rings is 1. The standard InChI is InChI=1S/C17H28N2/c1-3-15-7-6-11-19(12-10-15)14-17-9-5-4-8-16(17)13-18-2/h4-5,8-9,15,18H,3,6-7,10-14H2,1-2H3. The minimum absolute atomic E-state index is 0.956. The number of hydrogen-bond acceptors (Lipinski definition) is 2. The Hall–Kier alpha value is -0.860. The first kappa shape index (κ1) is 14.5. The van der Waals surface area contributed by atoms with Crippen molar-refractivity contribution in [1.82, 2.24) is 10.2 Å². The van der Waals surface area contributed by atoms with Gasteiger partial charge in [-0.15, -0.1) is 0 Å². The van der Waals surface area contributed by atoms with Crippen molar-refractivity contribution in [1.29, 1.82) is 0 Å². The molecule has 0 aliphatic carbocycles. The highest BCUT2D eigenvalue weighted by molar-refractivity contribution is 5.26. The molecule has 0 saturated carbocycles. The molecule has 0 amide bonds. The molecule has 1 heterocycles. The highest BCUT2D eigenvalue weighted by Gasteiger charge is 2.16. The second kappa shape index (κ2) is 7.66. The average molecular weight is 260 g/mol. The minimum atomic E-state index is 0.956. The second-order valence-corrected chi connectivity index (χ2v) is 5.78. The van der Waals surface area contributed by atoms with Crippen LogP contribution in [0.1, 0.15) is 43.7 Å². The van der Waals surface area contributed by atoms with E-state index in [0.29, 0.717) is 0 Å². The van der Waals surface area contributed by atoms with E-state index in [1.165, 1.54) is 49.9 Å². The van der Waals surface area contributed by atoms with Gasteiger partial charge >= 0.3 is 0 Å². The SMILES string of the molecule is CCC1CCCN(Cc2ccccc2CNC)CC1. The van der Waals surface area contributed by atoms with Crippen molar-refractivity contribution in [2.75, 3.05) is 20.1 Å². The average Bonchev–Trinajstić information content (AvgIpc) is 2.66. The molecule has 1 aliphatic rings. The third kappa shape index (κ3) is 4.32. The Labute approximate surface area is 118 Å². The monoisotopic (exact) mass is 260 g/mol. The van der Waals surface area contributed by atoms with Crippen molar-refractivity contribution >= 4 is 0 Å². The summed E-state index contributed by atoms with van der Waals surface area (Å²) in [5.41, 5.74) is 2.94. The zero-order valence-corrected chi connectivity index (χ0v) is 12.5. The molecule has 1 N–H and O–H groups in total. The topological polar surface area (TPSA) is 15.3 Å². The Bertz CT molecular complexity index is 375. The van der Waals surface area contributed by atoms with Crippen LogP contribution in [0.5, 0.6) is 0 Å². The van der Waals surface area contributed by atoms with Gasteiger partial charge in [0, 0.05) is 13.1 Å². The first-order chi connectivity index (χ1) is 9.33. The number of likely N-dealkylation sites (tertiary alicyclic amines) is 1. The fourth-order valence-corrected chi connectivity index (χ4v) is 3.11. The van der Waals surface area contributed by atoms with Crippen LogP contribution in [-0.2, 0) is 13.1 Å². The number of nitrogens with zero attached hydrogens (tertiary/aromatic N) is 1. The third-order valence-electron chi connectivity index (χ3n) is 4.40. The number of nitrogens with one attached hydrogen (secondary N) is 1. The molecule has 1 aromatic carbocycles. The summed E-state index contributed by atoms with van der Waals surface area (Å²) in [7, 11) is 2.02. The lowest BCUT2D eigenvalue weighted by Crippen LogP contribution is -2.25. The minimum Gasteiger partial charge on any atom is -0.316 e. The van der Waals surface area contributed by atoms with Crippen molar-refractivity contribution in [2.24, 2.45) is 5.92 Å². The van der Waals surface area contributed by atoms with Gasteiger partial charge in [0.25, 0.3) is 0 Å². The second-order valence-electron chi connectivity index (χ2n) is 5.78. The Morgan fingerprint density at radius 1 is 1.16 bits per heavy atom. The van der Waals surface area contributed by atoms with Gasteiger partial charge in [-0.3, -0.25) is 4.90 Å². The molecule has 2 rings (SSSR count). The summed E-state index contributed by atoms with van der Waals surface area (Å²) in [6.45, 7) is 6.97. The molecule has 0 spiro atoms. The summed E-state index contributed by atoms with van der Waals surface area (Å²) in [5, 5.41) is 3.27. The van der Waals surface area contributed by atoms with E-state index in [1.807, 2.05) is 7.05 Å². The van der Waals surface area contributed by atoms with Gasteiger partial charge in [0.2, 0.25) is 0 Å². The summed E-state index contributed by atoms with van der Waals surface area (Å²) in [6.07, 6.45) is 5.52. The fourth-order valence-electron chi connectivity index (χ4n) is 3.11. The van der Waals surface area contributed by atoms with Crippen LogP contribution in [-0.4, -0.2) is 25.0 Å². The van der Waals surface area contributed by atoms with Gasteiger partial charge in [-0.05, 0) is 56.4 Å². The summed E-state index contributed by atoms with van der Waals surface area (Å²) in [5.74, 6) is 0.956. The molecule has 1 fully saturated rings. The molecule has 1 unspecified atom stereocenters. The van der Waals surface area contributed by atoms with Crippen LogP contribution in [0.25, 0.3) is 0 Å². The molecule has 106 valence electrons. The van der Waals surface area contributed by atoms with Gasteiger partial charge < -0.3 is 5.32 Å². The normalized spacial score (nSPS) is 21.3. The molecule has 1 aliphatic heterocycles. The van der Waals surface area contributed by atoms with Crippen molar-refractivity contribution < 1.29 is 0 Å². The van der Waals surface area contributed by atoms with E-state index in [9.17, 15) is 0 Å². The van der Waals surface area contributed by atoms with Gasteiger partial charge in [-0.2, -0.15) is 0 Å². The summed E-state index contributed by atoms with van der Waals surface area (Å²) >= 11 is 0. The van der Waals surface area contributed by atoms with Gasteiger partial charge in [-0.1, -0.05) is 37.6 Å². The first-order valence-corrected chi connectivity index (χ1v) is 7.77. The molecular formula is C17H28N2. The van der Waals surface area contributed by atoms with E-state index in [1.54, 1.807) is 0 Å². The van der Waals surface area contributed by atoms with Gasteiger partial charge in [-0.25, -0.2) is 0 Å². The molecule has 1 aromatic rings. The zero-order valence-electron chi connectivity index (χ0n) is 12.5. The maximum atomic E-state index is 3.27. The molecule has 0 radical (unpaired) electrons. The highest BCUT2D eigenvalue weighted by atomic mass is 15.1. The predicted octanol–water partition coefficient (Wildman–Crippen LogP) is 3.42. The predicted molar refractivity (Wildman–Crippen MR) is 82.1 cm³/mol. The number of rotatable bonds is 5. The summed E-state index contributed by atoms with van der Waals surface area (Å²) in [6, 6.07) is 8.85. The molecule has 2 nitrogen and oxygen atoms in total. The lowest BCUT2D eigenvalue weighted by Gasteiger charge is -2.22. The maximum Gasteiger partial charge on any atom is 0.0236 e. The van der Waals surface area contributed by atoms with Gasteiger partial charge in [0.1, 0.15) is 0 Å². The Balaban J connectivity index is 1.96. The van der Waals surface area contributed by atoms with Crippen LogP contribution in [0.4, 0.5) is 0 Å². The zero-order chi connectivity index (χ0) is 13.5. The smallest absolute Gasteiger partial charge is 0.0236 e. The van der Waals surface area contributed by atoms with Crippen LogP contribution in [0.2, 0.25) is 0 Å². The molecule has 1 saturated heterocycles. The van der Waals surface area contributed by atoms with Gasteiger partial charge in [0.15, 0.2) is 0 Å². The van der Waals surface area contributed by atoms with Crippen molar-refractivity contribution in [2.45, 2.75) is 45.7 Å². The molecule has 2 heteroatoms. The maximum absolute atomic E-state index is 3.27. The lowest BCUT2D eigenvalue weighted by atomic mass is 9.98. The van der Waals surface area contributed by atoms with Crippen LogP contribution in [0, 0.1) is 5.92 Å². The van der Waals surface area contributed by atoms with Crippen LogP contribution >= 0.6 is 0 Å². The Morgan fingerprint density at radius 3 is 2.68 bits per heavy atom.